The third-order valence-electron chi connectivity index (χ3n) is 11.1. The Bertz CT molecular complexity index is 2200. The largest absolute Gasteiger partial charge is 0.392 e. The van der Waals surface area contributed by atoms with Gasteiger partial charge in [-0.3, -0.25) is 4.79 Å². The summed E-state index contributed by atoms with van der Waals surface area (Å²) in [7, 11) is -3.65. The molecular formula is C44H46N4O6S. The Morgan fingerprint density at radius 1 is 0.764 bits per heavy atom. The van der Waals surface area contributed by atoms with E-state index in [1.807, 2.05) is 84.9 Å². The fraction of sp³-hybridized carbons (Fsp3) is 0.295. The van der Waals surface area contributed by atoms with Gasteiger partial charge in [-0.05, 0) is 77.1 Å². The predicted octanol–water partition coefficient (Wildman–Crippen LogP) is 6.30. The minimum absolute atomic E-state index is 0.0246. The number of likely N-dealkylation sites (tertiary alicyclic amines) is 1. The van der Waals surface area contributed by atoms with E-state index in [4.69, 9.17) is 9.47 Å². The summed E-state index contributed by atoms with van der Waals surface area (Å²) in [4.78, 5) is 18.2. The maximum atomic E-state index is 13.3. The Kier molecular flexibility index (Phi) is 10.8. The van der Waals surface area contributed by atoms with Crippen LogP contribution >= 0.6 is 0 Å². The number of nitrogens with one attached hydrogen (secondary N) is 2. The smallest absolute Gasteiger partial charge is 0.247 e. The van der Waals surface area contributed by atoms with Crippen molar-refractivity contribution in [1.29, 1.82) is 0 Å². The number of nitrogens with zero attached hydrogens (tertiary/aromatic N) is 2. The van der Waals surface area contributed by atoms with Gasteiger partial charge < -0.3 is 29.7 Å². The molecular weight excluding hydrogens is 713 g/mol. The summed E-state index contributed by atoms with van der Waals surface area (Å²) >= 11 is 0. The van der Waals surface area contributed by atoms with E-state index < -0.39 is 21.9 Å². The van der Waals surface area contributed by atoms with Crippen LogP contribution in [0.25, 0.3) is 11.1 Å². The second-order valence-corrected chi connectivity index (χ2v) is 16.3. The molecule has 3 N–H and O–H groups in total. The van der Waals surface area contributed by atoms with Crippen LogP contribution in [0.1, 0.15) is 53.9 Å². The van der Waals surface area contributed by atoms with Gasteiger partial charge in [0.15, 0.2) is 6.29 Å². The number of anilines is 1. The maximum absolute atomic E-state index is 13.3. The topological polar surface area (TPSA) is 120 Å². The molecule has 55 heavy (non-hydrogen) atoms. The van der Waals surface area contributed by atoms with Crippen LogP contribution in [0.15, 0.2) is 138 Å². The van der Waals surface area contributed by atoms with Crippen LogP contribution in [0.3, 0.4) is 0 Å². The molecule has 3 aliphatic rings. The molecule has 3 saturated heterocycles. The summed E-state index contributed by atoms with van der Waals surface area (Å²) in [5, 5.41) is 12.8. The number of hydrogen-bond donors (Lipinski definition) is 3. The average molecular weight is 759 g/mol. The molecule has 3 aliphatic heterocycles. The Balaban J connectivity index is 0.989. The number of aliphatic hydroxyl groups is 1. The van der Waals surface area contributed by atoms with Crippen molar-refractivity contribution >= 4 is 21.6 Å². The summed E-state index contributed by atoms with van der Waals surface area (Å²) in [6.07, 6.45) is 1.11. The highest BCUT2D eigenvalue weighted by molar-refractivity contribution is 7.89. The number of carbonyl (C=O) groups excluding carboxylic acids is 1. The lowest BCUT2D eigenvalue weighted by molar-refractivity contribution is -0.253. The maximum Gasteiger partial charge on any atom is 0.247 e. The van der Waals surface area contributed by atoms with Crippen LogP contribution in [0, 0.1) is 0 Å². The van der Waals surface area contributed by atoms with E-state index in [0.717, 1.165) is 65.0 Å². The van der Waals surface area contributed by atoms with Gasteiger partial charge in [-0.1, -0.05) is 97.1 Å². The van der Waals surface area contributed by atoms with E-state index in [0.29, 0.717) is 19.6 Å². The number of hydrogen-bond acceptors (Lipinski definition) is 8. The molecule has 0 bridgehead atoms. The van der Waals surface area contributed by atoms with E-state index in [1.54, 1.807) is 30.3 Å². The molecule has 0 aromatic heterocycles. The molecule has 8 rings (SSSR count). The Morgan fingerprint density at radius 3 is 2.18 bits per heavy atom. The lowest BCUT2D eigenvalue weighted by atomic mass is 9.85. The zero-order chi connectivity index (χ0) is 37.8. The van der Waals surface area contributed by atoms with Gasteiger partial charge in [-0.15, -0.1) is 0 Å². The highest BCUT2D eigenvalue weighted by Gasteiger charge is 2.50. The van der Waals surface area contributed by atoms with E-state index in [2.05, 4.69) is 38.0 Å². The van der Waals surface area contributed by atoms with Crippen molar-refractivity contribution in [3.63, 3.8) is 0 Å². The number of sulfonamides is 1. The highest BCUT2D eigenvalue weighted by atomic mass is 32.2. The number of rotatable bonds is 11. The Morgan fingerprint density at radius 2 is 1.45 bits per heavy atom. The second-order valence-electron chi connectivity index (χ2n) is 14.6. The molecule has 0 saturated carbocycles. The van der Waals surface area contributed by atoms with Crippen molar-refractivity contribution in [3.8, 4) is 11.1 Å². The fourth-order valence-electron chi connectivity index (χ4n) is 8.05. The van der Waals surface area contributed by atoms with Crippen LogP contribution in [0.2, 0.25) is 0 Å². The van der Waals surface area contributed by atoms with Gasteiger partial charge >= 0.3 is 0 Å². The highest BCUT2D eigenvalue weighted by Crippen LogP contribution is 2.41. The lowest BCUT2D eigenvalue weighted by Gasteiger charge is -2.45. The van der Waals surface area contributed by atoms with Crippen LogP contribution in [0.4, 0.5) is 5.69 Å². The van der Waals surface area contributed by atoms with Crippen molar-refractivity contribution < 1.29 is 27.8 Å². The van der Waals surface area contributed by atoms with Crippen LogP contribution in [0.5, 0.6) is 0 Å². The lowest BCUT2D eigenvalue weighted by Crippen LogP contribution is -2.57. The first-order valence-electron chi connectivity index (χ1n) is 18.9. The van der Waals surface area contributed by atoms with Crippen molar-refractivity contribution in [2.45, 2.75) is 61.3 Å². The molecule has 1 spiro atoms. The van der Waals surface area contributed by atoms with Gasteiger partial charge in [0.25, 0.3) is 0 Å². The third kappa shape index (κ3) is 8.09. The van der Waals surface area contributed by atoms with Crippen molar-refractivity contribution in [3.05, 3.63) is 156 Å². The molecule has 0 aliphatic carbocycles. The third-order valence-corrected chi connectivity index (χ3v) is 12.5. The molecule has 1 amide bonds. The Labute approximate surface area is 322 Å². The van der Waals surface area contributed by atoms with Gasteiger partial charge in [0.1, 0.15) is 5.54 Å². The monoisotopic (exact) mass is 758 g/mol. The molecule has 10 nitrogen and oxygen atoms in total. The first-order valence-corrected chi connectivity index (χ1v) is 20.4. The minimum atomic E-state index is -3.65. The standard InChI is InChI=1S/C44H46N4O6S/c49-30-32-17-19-34(20-18-32)41-27-39(29-47-23-21-44(22-24-47)43(50)45-31-48(44)38-13-3-1-4-14-38)53-42(54-41)37-12-8-11-36(26-37)35-10-7-9-33(25-35)28-46-55(51,52)40-15-5-2-6-16-40/h1-20,25-26,39,41-42,46,49H,21-24,27-31H2,(H,45,50)/t39-,41+,42+/m1/s1. The van der Waals surface area contributed by atoms with Crippen molar-refractivity contribution in [2.75, 3.05) is 31.2 Å². The second kappa shape index (κ2) is 16.1. The summed E-state index contributed by atoms with van der Waals surface area (Å²) in [6.45, 7) is 2.89. The molecule has 3 heterocycles. The number of aliphatic hydroxyl groups excluding tert-OH is 1. The number of amides is 1. The van der Waals surface area contributed by atoms with Crippen molar-refractivity contribution in [2.24, 2.45) is 0 Å². The summed E-state index contributed by atoms with van der Waals surface area (Å²) in [6, 6.07) is 42.4. The van der Waals surface area contributed by atoms with E-state index in [9.17, 15) is 18.3 Å². The number of ether oxygens (including phenoxy) is 2. The first kappa shape index (κ1) is 37.1. The fourth-order valence-corrected chi connectivity index (χ4v) is 9.08. The van der Waals surface area contributed by atoms with Gasteiger partial charge in [0.05, 0.1) is 30.4 Å². The van der Waals surface area contributed by atoms with E-state index in [-0.39, 0.29) is 36.2 Å². The summed E-state index contributed by atoms with van der Waals surface area (Å²) in [5.41, 5.74) is 5.99. The normalized spacial score (nSPS) is 21.4. The van der Waals surface area contributed by atoms with Gasteiger partial charge in [0.2, 0.25) is 15.9 Å². The molecule has 3 atom stereocenters. The zero-order valence-corrected chi connectivity index (χ0v) is 31.4. The molecule has 284 valence electrons. The molecule has 11 heteroatoms. The van der Waals surface area contributed by atoms with Gasteiger partial charge in [-0.25, -0.2) is 13.1 Å². The molecule has 5 aromatic carbocycles. The molecule has 3 fully saturated rings. The zero-order valence-electron chi connectivity index (χ0n) is 30.6. The van der Waals surface area contributed by atoms with E-state index >= 15 is 0 Å². The summed E-state index contributed by atoms with van der Waals surface area (Å²) < 4.78 is 41.9. The average Bonchev–Trinajstić information content (AvgIpc) is 3.55. The summed E-state index contributed by atoms with van der Waals surface area (Å²) in [5.74, 6) is 0.101. The van der Waals surface area contributed by atoms with Gasteiger partial charge in [0, 0.05) is 43.9 Å². The molecule has 0 unspecified atom stereocenters. The number of carbonyl (C=O) groups is 1. The number of benzene rings is 5. The molecule has 0 radical (unpaired) electrons. The molecule has 5 aromatic rings. The van der Waals surface area contributed by atoms with Crippen LogP contribution < -0.4 is 14.9 Å². The Hall–Kier alpha value is -4.88. The minimum Gasteiger partial charge on any atom is -0.392 e. The first-order chi connectivity index (χ1) is 26.8. The van der Waals surface area contributed by atoms with Gasteiger partial charge in [-0.2, -0.15) is 0 Å². The van der Waals surface area contributed by atoms with Crippen LogP contribution in [-0.2, 0) is 37.4 Å². The number of para-hydroxylation sites is 1. The van der Waals surface area contributed by atoms with Crippen LogP contribution in [-0.4, -0.2) is 62.3 Å². The SMILES string of the molecule is O=C1NCN(c2ccccc2)C12CCN(C[C@H]1C[C@@H](c3ccc(CO)cc3)O[C@@H](c3cccc(-c4cccc(CNS(=O)(=O)c5ccccc5)c4)c3)O1)CC2. The van der Waals surface area contributed by atoms with Crippen molar-refractivity contribution in [1.82, 2.24) is 14.9 Å². The van der Waals surface area contributed by atoms with E-state index in [1.165, 1.54) is 0 Å². The quantitative estimate of drug-likeness (QED) is 0.144. The predicted molar refractivity (Wildman–Crippen MR) is 211 cm³/mol. The number of piperidine rings is 1.